The van der Waals surface area contributed by atoms with E-state index in [0.717, 1.165) is 44.6 Å². The molecule has 41 heavy (non-hydrogen) atoms. The Balaban J connectivity index is 1.51. The van der Waals surface area contributed by atoms with Crippen molar-refractivity contribution in [3.63, 3.8) is 0 Å². The molecule has 222 valence electrons. The minimum atomic E-state index is -0.418. The zero-order valence-corrected chi connectivity index (χ0v) is 25.2. The lowest BCUT2D eigenvalue weighted by molar-refractivity contribution is -0.143. The minimum Gasteiger partial charge on any atom is -0.482 e. The lowest BCUT2D eigenvalue weighted by atomic mass is 9.82. The number of methoxy groups -OCH3 is 1. The monoisotopic (exact) mass is 563 g/mol. The third kappa shape index (κ3) is 7.88. The molecule has 2 heterocycles. The molecule has 2 aliphatic rings. The molecule has 8 heteroatoms. The van der Waals surface area contributed by atoms with Crippen molar-refractivity contribution in [3.8, 4) is 5.75 Å². The first-order chi connectivity index (χ1) is 19.6. The average Bonchev–Trinajstić information content (AvgIpc) is 2.97. The summed E-state index contributed by atoms with van der Waals surface area (Å²) in [6.45, 7) is 11.8. The molecule has 2 amide bonds. The summed E-state index contributed by atoms with van der Waals surface area (Å²) in [5.41, 5.74) is 2.23. The predicted molar refractivity (Wildman–Crippen MR) is 158 cm³/mol. The Labute approximate surface area is 244 Å². The van der Waals surface area contributed by atoms with Crippen LogP contribution in [0.3, 0.4) is 0 Å². The van der Waals surface area contributed by atoms with Crippen LogP contribution in [0.25, 0.3) is 0 Å². The number of piperazine rings is 1. The first-order valence-electron chi connectivity index (χ1n) is 14.7. The fourth-order valence-electron chi connectivity index (χ4n) is 6.09. The molecule has 1 unspecified atom stereocenters. The van der Waals surface area contributed by atoms with Crippen molar-refractivity contribution in [2.24, 2.45) is 11.3 Å². The number of benzene rings is 2. The predicted octanol–water partition coefficient (Wildman–Crippen LogP) is 4.54. The third-order valence-corrected chi connectivity index (χ3v) is 8.52. The van der Waals surface area contributed by atoms with E-state index in [1.165, 1.54) is 12.7 Å². The van der Waals surface area contributed by atoms with Gasteiger partial charge in [0.15, 0.2) is 6.61 Å². The number of carbonyl (C=O) groups excluding carboxylic acids is 3. The van der Waals surface area contributed by atoms with Gasteiger partial charge in [0.2, 0.25) is 11.8 Å². The summed E-state index contributed by atoms with van der Waals surface area (Å²) >= 11 is 0. The van der Waals surface area contributed by atoms with Crippen molar-refractivity contribution in [2.75, 3.05) is 46.4 Å². The molecule has 0 spiro atoms. The number of hydrogen-bond acceptors (Lipinski definition) is 6. The standard InChI is InChI=1S/C33H45N3O5/c1-24(37)34-17-15-25(16-18-34)21-30(38)36-20-19-35(22-29(36)33(2,3)4)32(26-9-7-6-8-10-26)27-11-13-28(14-12-27)41-23-31(39)40-5/h6-14,25,29,32H,15-23H2,1-5H3/t29-,32?/m1/s1. The van der Waals surface area contributed by atoms with Crippen LogP contribution in [0, 0.1) is 11.3 Å². The van der Waals surface area contributed by atoms with E-state index in [2.05, 4.69) is 71.7 Å². The number of carbonyl (C=O) groups is 3. The lowest BCUT2D eigenvalue weighted by Crippen LogP contribution is -2.60. The van der Waals surface area contributed by atoms with Crippen LogP contribution in [0.2, 0.25) is 0 Å². The van der Waals surface area contributed by atoms with Crippen molar-refractivity contribution in [2.45, 2.75) is 59.0 Å². The zero-order valence-electron chi connectivity index (χ0n) is 25.2. The number of rotatable bonds is 8. The normalized spacial score (nSPS) is 19.5. The molecule has 0 bridgehead atoms. The largest absolute Gasteiger partial charge is 0.482 e. The van der Waals surface area contributed by atoms with Crippen molar-refractivity contribution in [1.29, 1.82) is 0 Å². The quantitative estimate of drug-likeness (QED) is 0.439. The van der Waals surface area contributed by atoms with Gasteiger partial charge in [-0.05, 0) is 47.4 Å². The summed E-state index contributed by atoms with van der Waals surface area (Å²) in [5, 5.41) is 0. The Bertz CT molecular complexity index is 1170. The van der Waals surface area contributed by atoms with Gasteiger partial charge in [-0.3, -0.25) is 14.5 Å². The molecular formula is C33H45N3O5. The van der Waals surface area contributed by atoms with Gasteiger partial charge in [-0.1, -0.05) is 63.2 Å². The van der Waals surface area contributed by atoms with Crippen LogP contribution in [-0.2, 0) is 19.1 Å². The Morgan fingerprint density at radius 1 is 0.902 bits per heavy atom. The first kappa shape index (κ1) is 30.6. The van der Waals surface area contributed by atoms with Crippen molar-refractivity contribution in [1.82, 2.24) is 14.7 Å². The molecule has 8 nitrogen and oxygen atoms in total. The second kappa shape index (κ2) is 13.5. The summed E-state index contributed by atoms with van der Waals surface area (Å²) in [4.78, 5) is 43.4. The Kier molecular flexibility index (Phi) is 10.1. The highest BCUT2D eigenvalue weighted by atomic mass is 16.6. The van der Waals surface area contributed by atoms with E-state index in [1.807, 2.05) is 23.1 Å². The van der Waals surface area contributed by atoms with Crippen molar-refractivity contribution in [3.05, 3.63) is 65.7 Å². The molecule has 4 rings (SSSR count). The van der Waals surface area contributed by atoms with Crippen molar-refractivity contribution < 1.29 is 23.9 Å². The van der Waals surface area contributed by atoms with Gasteiger partial charge in [0.1, 0.15) is 5.75 Å². The van der Waals surface area contributed by atoms with Gasteiger partial charge in [0.25, 0.3) is 0 Å². The molecule has 2 aromatic carbocycles. The maximum atomic E-state index is 13.7. The molecular weight excluding hydrogens is 518 g/mol. The van der Waals surface area contributed by atoms with Crippen LogP contribution in [0.5, 0.6) is 5.75 Å². The highest BCUT2D eigenvalue weighted by Crippen LogP contribution is 2.36. The van der Waals surface area contributed by atoms with Crippen molar-refractivity contribution >= 4 is 17.8 Å². The molecule has 2 aromatic rings. The summed E-state index contributed by atoms with van der Waals surface area (Å²) in [6, 6.07) is 18.5. The van der Waals surface area contributed by atoms with Gasteiger partial charge in [0, 0.05) is 52.1 Å². The number of esters is 1. The number of nitrogens with zero attached hydrogens (tertiary/aromatic N) is 3. The zero-order chi connectivity index (χ0) is 29.6. The maximum Gasteiger partial charge on any atom is 0.343 e. The number of hydrogen-bond donors (Lipinski definition) is 0. The SMILES string of the molecule is COC(=O)COc1ccc(C(c2ccccc2)N2CCN(C(=O)CC3CCN(C(C)=O)CC3)[C@@H](C(C)(C)C)C2)cc1. The fourth-order valence-corrected chi connectivity index (χ4v) is 6.09. The second-order valence-electron chi connectivity index (χ2n) is 12.4. The van der Waals surface area contributed by atoms with Crippen LogP contribution >= 0.6 is 0 Å². The van der Waals surface area contributed by atoms with E-state index in [4.69, 9.17) is 4.74 Å². The van der Waals surface area contributed by atoms with Crippen LogP contribution in [0.15, 0.2) is 54.6 Å². The van der Waals surface area contributed by atoms with Crippen LogP contribution < -0.4 is 4.74 Å². The molecule has 0 aliphatic carbocycles. The summed E-state index contributed by atoms with van der Waals surface area (Å²) in [7, 11) is 1.34. The Hall–Kier alpha value is -3.39. The number of amides is 2. The lowest BCUT2D eigenvalue weighted by Gasteiger charge is -2.50. The van der Waals surface area contributed by atoms with Crippen LogP contribution in [-0.4, -0.2) is 85.0 Å². The highest BCUT2D eigenvalue weighted by molar-refractivity contribution is 5.77. The van der Waals surface area contributed by atoms with Gasteiger partial charge in [-0.15, -0.1) is 0 Å². The topological polar surface area (TPSA) is 79.4 Å². The van der Waals surface area contributed by atoms with Gasteiger partial charge < -0.3 is 19.3 Å². The van der Waals surface area contributed by atoms with E-state index in [1.54, 1.807) is 6.92 Å². The van der Waals surface area contributed by atoms with Crippen LogP contribution in [0.1, 0.15) is 64.1 Å². The first-order valence-corrected chi connectivity index (χ1v) is 14.7. The molecule has 2 atom stereocenters. The van der Waals surface area contributed by atoms with E-state index in [-0.39, 0.29) is 35.9 Å². The number of likely N-dealkylation sites (tertiary alicyclic amines) is 1. The third-order valence-electron chi connectivity index (χ3n) is 8.52. The van der Waals surface area contributed by atoms with E-state index in [9.17, 15) is 14.4 Å². The maximum absolute atomic E-state index is 13.7. The molecule has 0 saturated carbocycles. The van der Waals surface area contributed by atoms with Gasteiger partial charge in [-0.2, -0.15) is 0 Å². The molecule has 0 N–H and O–H groups in total. The summed E-state index contributed by atoms with van der Waals surface area (Å²) in [5.74, 6) is 0.874. The summed E-state index contributed by atoms with van der Waals surface area (Å²) < 4.78 is 10.3. The minimum absolute atomic E-state index is 0.0175. The second-order valence-corrected chi connectivity index (χ2v) is 12.4. The Morgan fingerprint density at radius 2 is 1.54 bits per heavy atom. The molecule has 0 aromatic heterocycles. The summed E-state index contributed by atoms with van der Waals surface area (Å²) in [6.07, 6.45) is 2.33. The number of piperidine rings is 1. The fraction of sp³-hybridized carbons (Fsp3) is 0.545. The molecule has 2 fully saturated rings. The van der Waals surface area contributed by atoms with Gasteiger partial charge >= 0.3 is 5.97 Å². The smallest absolute Gasteiger partial charge is 0.343 e. The van der Waals surface area contributed by atoms with E-state index < -0.39 is 5.97 Å². The molecule has 2 saturated heterocycles. The van der Waals surface area contributed by atoms with Crippen LogP contribution in [0.4, 0.5) is 0 Å². The van der Waals surface area contributed by atoms with Gasteiger partial charge in [0.05, 0.1) is 13.2 Å². The highest BCUT2D eigenvalue weighted by Gasteiger charge is 2.40. The molecule has 0 radical (unpaired) electrons. The number of ether oxygens (including phenoxy) is 2. The average molecular weight is 564 g/mol. The van der Waals surface area contributed by atoms with E-state index in [0.29, 0.717) is 24.6 Å². The Morgan fingerprint density at radius 3 is 2.12 bits per heavy atom. The van der Waals surface area contributed by atoms with E-state index >= 15 is 0 Å². The van der Waals surface area contributed by atoms with Gasteiger partial charge in [-0.25, -0.2) is 4.79 Å². The molecule has 2 aliphatic heterocycles.